The lowest BCUT2D eigenvalue weighted by atomic mass is 10.2. The van der Waals surface area contributed by atoms with Gasteiger partial charge in [0.15, 0.2) is 5.82 Å². The summed E-state index contributed by atoms with van der Waals surface area (Å²) in [6.07, 6.45) is 5.66. The van der Waals surface area contributed by atoms with Gasteiger partial charge in [0.25, 0.3) is 0 Å². The topological polar surface area (TPSA) is 32.6 Å². The highest BCUT2D eigenvalue weighted by atomic mass is 15.3. The van der Waals surface area contributed by atoms with Crippen LogP contribution in [0.4, 0.5) is 5.82 Å². The van der Waals surface area contributed by atoms with Crippen LogP contribution in [-0.2, 0) is 6.54 Å². The molecule has 0 aliphatic heterocycles. The average molecular weight is 288 g/mol. The standard InChI is InChI=1S/C17H28N4/c1-5-7-11-20(14(3)6-2)17-15(13-18-4)21-12-9-8-10-16(21)19-17/h8-10,12,14,18H,5-7,11,13H2,1-4H3. The number of aromatic nitrogens is 2. The van der Waals surface area contributed by atoms with Crippen molar-refractivity contribution in [3.63, 3.8) is 0 Å². The van der Waals surface area contributed by atoms with E-state index < -0.39 is 0 Å². The summed E-state index contributed by atoms with van der Waals surface area (Å²) >= 11 is 0. The average Bonchev–Trinajstić information content (AvgIpc) is 2.87. The number of pyridine rings is 1. The van der Waals surface area contributed by atoms with Crippen molar-refractivity contribution in [2.45, 2.75) is 52.6 Å². The van der Waals surface area contributed by atoms with E-state index in [2.05, 4.69) is 59.8 Å². The molecule has 2 aromatic rings. The van der Waals surface area contributed by atoms with Crippen LogP contribution in [-0.4, -0.2) is 29.0 Å². The van der Waals surface area contributed by atoms with Gasteiger partial charge < -0.3 is 14.6 Å². The van der Waals surface area contributed by atoms with Crippen molar-refractivity contribution < 1.29 is 0 Å². The Morgan fingerprint density at radius 3 is 2.81 bits per heavy atom. The Hall–Kier alpha value is -1.55. The molecular weight excluding hydrogens is 260 g/mol. The SMILES string of the molecule is CCCCN(c1nc2ccccn2c1CNC)C(C)CC. The molecule has 1 unspecified atom stereocenters. The molecule has 0 aromatic carbocycles. The van der Waals surface area contributed by atoms with Crippen LogP contribution in [0.15, 0.2) is 24.4 Å². The van der Waals surface area contributed by atoms with Crippen LogP contribution in [0.2, 0.25) is 0 Å². The lowest BCUT2D eigenvalue weighted by molar-refractivity contribution is 0.586. The first-order chi connectivity index (χ1) is 10.2. The number of nitrogens with one attached hydrogen (secondary N) is 1. The molecule has 0 amide bonds. The molecular formula is C17H28N4. The van der Waals surface area contributed by atoms with Crippen molar-refractivity contribution in [2.24, 2.45) is 0 Å². The number of fused-ring (bicyclic) bond motifs is 1. The van der Waals surface area contributed by atoms with E-state index in [9.17, 15) is 0 Å². The van der Waals surface area contributed by atoms with E-state index in [0.29, 0.717) is 6.04 Å². The molecule has 0 fully saturated rings. The molecule has 4 heteroatoms. The van der Waals surface area contributed by atoms with E-state index >= 15 is 0 Å². The van der Waals surface area contributed by atoms with E-state index in [1.54, 1.807) is 0 Å². The van der Waals surface area contributed by atoms with Gasteiger partial charge in [-0.05, 0) is 38.9 Å². The molecule has 116 valence electrons. The number of rotatable bonds is 8. The molecule has 0 bridgehead atoms. The van der Waals surface area contributed by atoms with Crippen molar-refractivity contribution >= 4 is 11.5 Å². The summed E-state index contributed by atoms with van der Waals surface area (Å²) in [4.78, 5) is 7.38. The molecule has 0 saturated carbocycles. The number of hydrogen-bond donors (Lipinski definition) is 1. The predicted molar refractivity (Wildman–Crippen MR) is 90.0 cm³/mol. The van der Waals surface area contributed by atoms with Crippen molar-refractivity contribution in [3.05, 3.63) is 30.1 Å². The van der Waals surface area contributed by atoms with Gasteiger partial charge in [0, 0.05) is 25.3 Å². The van der Waals surface area contributed by atoms with Crippen LogP contribution in [0, 0.1) is 0 Å². The van der Waals surface area contributed by atoms with Gasteiger partial charge in [-0.1, -0.05) is 26.3 Å². The van der Waals surface area contributed by atoms with Crippen LogP contribution in [0.25, 0.3) is 5.65 Å². The number of imidazole rings is 1. The summed E-state index contributed by atoms with van der Waals surface area (Å²) in [5.41, 5.74) is 2.28. The van der Waals surface area contributed by atoms with Crippen LogP contribution in [0.1, 0.15) is 45.7 Å². The maximum atomic E-state index is 4.90. The summed E-state index contributed by atoms with van der Waals surface area (Å²) in [5, 5.41) is 3.28. The minimum Gasteiger partial charge on any atom is -0.352 e. The Kier molecular flexibility index (Phi) is 5.62. The van der Waals surface area contributed by atoms with E-state index in [-0.39, 0.29) is 0 Å². The zero-order valence-corrected chi connectivity index (χ0v) is 13.8. The first-order valence-corrected chi connectivity index (χ1v) is 8.10. The minimum atomic E-state index is 0.511. The number of anilines is 1. The first kappa shape index (κ1) is 15.8. The normalized spacial score (nSPS) is 12.8. The summed E-state index contributed by atoms with van der Waals surface area (Å²) < 4.78 is 2.20. The molecule has 0 saturated heterocycles. The van der Waals surface area contributed by atoms with Crippen molar-refractivity contribution in [1.29, 1.82) is 0 Å². The predicted octanol–water partition coefficient (Wildman–Crippen LogP) is 3.46. The molecule has 0 aliphatic rings. The number of nitrogens with zero attached hydrogens (tertiary/aromatic N) is 3. The second-order valence-electron chi connectivity index (χ2n) is 5.65. The Morgan fingerprint density at radius 1 is 1.33 bits per heavy atom. The Bertz CT molecular complexity index is 561. The zero-order valence-electron chi connectivity index (χ0n) is 13.8. The molecule has 2 aromatic heterocycles. The largest absolute Gasteiger partial charge is 0.352 e. The molecule has 4 nitrogen and oxygen atoms in total. The first-order valence-electron chi connectivity index (χ1n) is 8.10. The van der Waals surface area contributed by atoms with Gasteiger partial charge in [-0.15, -0.1) is 0 Å². The minimum absolute atomic E-state index is 0.511. The number of hydrogen-bond acceptors (Lipinski definition) is 3. The van der Waals surface area contributed by atoms with Gasteiger partial charge in [-0.2, -0.15) is 0 Å². The van der Waals surface area contributed by atoms with E-state index in [4.69, 9.17) is 4.98 Å². The lowest BCUT2D eigenvalue weighted by Gasteiger charge is -2.29. The van der Waals surface area contributed by atoms with Gasteiger partial charge in [-0.25, -0.2) is 4.98 Å². The van der Waals surface area contributed by atoms with Crippen molar-refractivity contribution in [1.82, 2.24) is 14.7 Å². The molecule has 2 rings (SSSR count). The van der Waals surface area contributed by atoms with Crippen LogP contribution < -0.4 is 10.2 Å². The highest BCUT2D eigenvalue weighted by Crippen LogP contribution is 2.25. The monoisotopic (exact) mass is 288 g/mol. The highest BCUT2D eigenvalue weighted by Gasteiger charge is 2.20. The fourth-order valence-electron chi connectivity index (χ4n) is 2.68. The molecule has 21 heavy (non-hydrogen) atoms. The highest BCUT2D eigenvalue weighted by molar-refractivity contribution is 5.56. The molecule has 2 heterocycles. The van der Waals surface area contributed by atoms with Gasteiger partial charge in [0.05, 0.1) is 5.69 Å². The van der Waals surface area contributed by atoms with Crippen LogP contribution >= 0.6 is 0 Å². The summed E-state index contributed by atoms with van der Waals surface area (Å²) in [7, 11) is 1.99. The van der Waals surface area contributed by atoms with Crippen LogP contribution in [0.5, 0.6) is 0 Å². The second-order valence-corrected chi connectivity index (χ2v) is 5.65. The van der Waals surface area contributed by atoms with E-state index in [0.717, 1.165) is 31.0 Å². The third-order valence-corrected chi connectivity index (χ3v) is 4.10. The molecule has 1 atom stereocenters. The third kappa shape index (κ3) is 3.38. The summed E-state index contributed by atoms with van der Waals surface area (Å²) in [6.45, 7) is 8.69. The Balaban J connectivity index is 2.46. The molecule has 0 radical (unpaired) electrons. The van der Waals surface area contributed by atoms with E-state index in [1.165, 1.54) is 18.5 Å². The van der Waals surface area contributed by atoms with Crippen molar-refractivity contribution in [2.75, 3.05) is 18.5 Å². The maximum Gasteiger partial charge on any atom is 0.152 e. The maximum absolute atomic E-state index is 4.90. The third-order valence-electron chi connectivity index (χ3n) is 4.10. The lowest BCUT2D eigenvalue weighted by Crippen LogP contribution is -2.35. The molecule has 0 spiro atoms. The van der Waals surface area contributed by atoms with Crippen molar-refractivity contribution in [3.8, 4) is 0 Å². The van der Waals surface area contributed by atoms with Gasteiger partial charge >= 0.3 is 0 Å². The summed E-state index contributed by atoms with van der Waals surface area (Å²) in [5.74, 6) is 1.14. The fourth-order valence-corrected chi connectivity index (χ4v) is 2.68. The Morgan fingerprint density at radius 2 is 2.14 bits per heavy atom. The van der Waals surface area contributed by atoms with Gasteiger partial charge in [-0.3, -0.25) is 0 Å². The molecule has 1 N–H and O–H groups in total. The molecule has 0 aliphatic carbocycles. The summed E-state index contributed by atoms with van der Waals surface area (Å²) in [6, 6.07) is 6.71. The quantitative estimate of drug-likeness (QED) is 0.807. The smallest absolute Gasteiger partial charge is 0.152 e. The zero-order chi connectivity index (χ0) is 15.2. The van der Waals surface area contributed by atoms with E-state index in [1.807, 2.05) is 7.05 Å². The number of unbranched alkanes of at least 4 members (excludes halogenated alkanes) is 1. The second kappa shape index (κ2) is 7.46. The fraction of sp³-hybridized carbons (Fsp3) is 0.588. The van der Waals surface area contributed by atoms with Crippen LogP contribution in [0.3, 0.4) is 0 Å². The Labute approximate surface area is 128 Å². The van der Waals surface area contributed by atoms with Gasteiger partial charge in [0.2, 0.25) is 0 Å². The van der Waals surface area contributed by atoms with Gasteiger partial charge in [0.1, 0.15) is 5.65 Å².